The first-order valence-corrected chi connectivity index (χ1v) is 7.80. The maximum absolute atomic E-state index is 11.5. The van der Waals surface area contributed by atoms with Crippen molar-refractivity contribution in [3.05, 3.63) is 30.1 Å². The summed E-state index contributed by atoms with van der Waals surface area (Å²) in [6.07, 6.45) is 6.52. The van der Waals surface area contributed by atoms with E-state index < -0.39 is 10.0 Å². The summed E-state index contributed by atoms with van der Waals surface area (Å²) in [4.78, 5) is 4.02. The molecule has 4 nitrogen and oxygen atoms in total. The quantitative estimate of drug-likeness (QED) is 0.815. The summed E-state index contributed by atoms with van der Waals surface area (Å²) in [6.45, 7) is 4.62. The summed E-state index contributed by atoms with van der Waals surface area (Å²) in [7, 11) is -3.09. The van der Waals surface area contributed by atoms with Crippen molar-refractivity contribution in [1.29, 1.82) is 0 Å². The highest BCUT2D eigenvalue weighted by Crippen LogP contribution is 2.32. The molecule has 1 saturated heterocycles. The van der Waals surface area contributed by atoms with Gasteiger partial charge in [0.2, 0.25) is 10.0 Å². The number of rotatable bonds is 2. The van der Waals surface area contributed by atoms with E-state index in [0.717, 1.165) is 18.4 Å². The predicted molar refractivity (Wildman–Crippen MR) is 69.1 cm³/mol. The van der Waals surface area contributed by atoms with Crippen molar-refractivity contribution in [2.45, 2.75) is 32.7 Å². The summed E-state index contributed by atoms with van der Waals surface area (Å²) in [6, 6.07) is 3.75. The Balaban J connectivity index is 0.000000686. The van der Waals surface area contributed by atoms with E-state index in [-0.39, 0.29) is 6.04 Å². The van der Waals surface area contributed by atoms with Crippen LogP contribution in [0.1, 0.15) is 38.3 Å². The first-order valence-electron chi connectivity index (χ1n) is 5.96. The minimum Gasteiger partial charge on any atom is -0.264 e. The smallest absolute Gasteiger partial charge is 0.211 e. The highest BCUT2D eigenvalue weighted by Gasteiger charge is 2.32. The van der Waals surface area contributed by atoms with Crippen LogP contribution >= 0.6 is 0 Å². The molecular formula is C12H20N2O2S. The van der Waals surface area contributed by atoms with Gasteiger partial charge in [-0.1, -0.05) is 19.9 Å². The lowest BCUT2D eigenvalue weighted by Crippen LogP contribution is -2.29. The molecule has 0 N–H and O–H groups in total. The minimum atomic E-state index is -3.09. The fourth-order valence-electron chi connectivity index (χ4n) is 2.04. The minimum absolute atomic E-state index is 0.0197. The van der Waals surface area contributed by atoms with E-state index in [2.05, 4.69) is 4.98 Å². The van der Waals surface area contributed by atoms with Gasteiger partial charge in [-0.15, -0.1) is 0 Å². The molecule has 1 aromatic heterocycles. The van der Waals surface area contributed by atoms with Crippen LogP contribution in [0.4, 0.5) is 0 Å². The number of hydrogen-bond acceptors (Lipinski definition) is 3. The SMILES string of the molecule is CC.CS(=O)(=O)N1CCC[C@@H]1c1cccnc1. The van der Waals surface area contributed by atoms with E-state index in [0.29, 0.717) is 6.54 Å². The zero-order chi connectivity index (χ0) is 12.9. The molecule has 0 bridgehead atoms. The van der Waals surface area contributed by atoms with Crippen molar-refractivity contribution in [1.82, 2.24) is 9.29 Å². The summed E-state index contributed by atoms with van der Waals surface area (Å²) < 4.78 is 24.6. The van der Waals surface area contributed by atoms with Crippen LogP contribution in [0.25, 0.3) is 0 Å². The van der Waals surface area contributed by atoms with Crippen LogP contribution in [-0.2, 0) is 10.0 Å². The lowest BCUT2D eigenvalue weighted by molar-refractivity contribution is 0.400. The second kappa shape index (κ2) is 6.12. The third-order valence-corrected chi connectivity index (χ3v) is 3.99. The number of pyridine rings is 1. The number of hydrogen-bond donors (Lipinski definition) is 0. The van der Waals surface area contributed by atoms with Gasteiger partial charge in [-0.3, -0.25) is 4.98 Å². The standard InChI is InChI=1S/C10H14N2O2S.C2H6/c1-15(13,14)12-7-3-5-10(12)9-4-2-6-11-8-9;1-2/h2,4,6,8,10H,3,5,7H2,1H3;1-2H3/t10-;/m1./s1. The molecule has 1 aromatic rings. The molecule has 5 heteroatoms. The zero-order valence-electron chi connectivity index (χ0n) is 10.6. The van der Waals surface area contributed by atoms with Gasteiger partial charge in [-0.05, 0) is 24.5 Å². The topological polar surface area (TPSA) is 50.3 Å². The molecule has 0 unspecified atom stereocenters. The largest absolute Gasteiger partial charge is 0.264 e. The van der Waals surface area contributed by atoms with Crippen LogP contribution in [0.3, 0.4) is 0 Å². The van der Waals surface area contributed by atoms with Gasteiger partial charge in [0, 0.05) is 18.9 Å². The molecule has 0 aliphatic carbocycles. The molecule has 1 aliphatic rings. The normalized spacial score (nSPS) is 20.8. The molecule has 1 fully saturated rings. The number of nitrogens with zero attached hydrogens (tertiary/aromatic N) is 2. The summed E-state index contributed by atoms with van der Waals surface area (Å²) in [5.74, 6) is 0. The van der Waals surface area contributed by atoms with Gasteiger partial charge in [-0.25, -0.2) is 8.42 Å². The van der Waals surface area contributed by atoms with Gasteiger partial charge in [-0.2, -0.15) is 4.31 Å². The van der Waals surface area contributed by atoms with Gasteiger partial charge in [0.25, 0.3) is 0 Å². The Bertz CT molecular complexity index is 431. The van der Waals surface area contributed by atoms with Crippen LogP contribution < -0.4 is 0 Å². The fraction of sp³-hybridized carbons (Fsp3) is 0.583. The molecule has 2 heterocycles. The first-order chi connectivity index (χ1) is 8.09. The lowest BCUT2D eigenvalue weighted by Gasteiger charge is -2.21. The molecule has 1 atom stereocenters. The first kappa shape index (κ1) is 14.1. The Labute approximate surface area is 104 Å². The maximum atomic E-state index is 11.5. The molecule has 2 rings (SSSR count). The van der Waals surface area contributed by atoms with Crippen LogP contribution in [0.2, 0.25) is 0 Å². The van der Waals surface area contributed by atoms with Gasteiger partial charge in [0.05, 0.1) is 12.3 Å². The van der Waals surface area contributed by atoms with Crippen molar-refractivity contribution in [2.24, 2.45) is 0 Å². The summed E-state index contributed by atoms with van der Waals surface area (Å²) >= 11 is 0. The van der Waals surface area contributed by atoms with E-state index in [4.69, 9.17) is 0 Å². The molecule has 17 heavy (non-hydrogen) atoms. The Morgan fingerprint density at radius 3 is 2.65 bits per heavy atom. The van der Waals surface area contributed by atoms with Crippen molar-refractivity contribution in [3.8, 4) is 0 Å². The van der Waals surface area contributed by atoms with Crippen LogP contribution in [0.5, 0.6) is 0 Å². The molecule has 0 spiro atoms. The molecule has 1 aliphatic heterocycles. The van der Waals surface area contributed by atoms with Gasteiger partial charge < -0.3 is 0 Å². The second-order valence-corrected chi connectivity index (χ2v) is 5.75. The molecule has 0 radical (unpaired) electrons. The van der Waals surface area contributed by atoms with E-state index in [1.54, 1.807) is 16.7 Å². The molecule has 0 aromatic carbocycles. The van der Waals surface area contributed by atoms with E-state index in [9.17, 15) is 8.42 Å². The van der Waals surface area contributed by atoms with Crippen LogP contribution in [-0.4, -0.2) is 30.5 Å². The van der Waals surface area contributed by atoms with E-state index >= 15 is 0 Å². The van der Waals surface area contributed by atoms with Gasteiger partial charge >= 0.3 is 0 Å². The van der Waals surface area contributed by atoms with Crippen molar-refractivity contribution in [3.63, 3.8) is 0 Å². The lowest BCUT2D eigenvalue weighted by atomic mass is 10.1. The predicted octanol–water partition coefficient (Wildman–Crippen LogP) is 2.20. The van der Waals surface area contributed by atoms with Crippen molar-refractivity contribution in [2.75, 3.05) is 12.8 Å². The van der Waals surface area contributed by atoms with Gasteiger partial charge in [0.1, 0.15) is 0 Å². The monoisotopic (exact) mass is 256 g/mol. The average molecular weight is 256 g/mol. The Morgan fingerprint density at radius 2 is 2.12 bits per heavy atom. The van der Waals surface area contributed by atoms with Crippen LogP contribution in [0.15, 0.2) is 24.5 Å². The Kier molecular flexibility index (Phi) is 5.08. The second-order valence-electron chi connectivity index (χ2n) is 3.82. The molecule has 0 saturated carbocycles. The van der Waals surface area contributed by atoms with Crippen molar-refractivity contribution < 1.29 is 8.42 Å². The molecule has 0 amide bonds. The Hall–Kier alpha value is -0.940. The Morgan fingerprint density at radius 1 is 1.41 bits per heavy atom. The number of sulfonamides is 1. The summed E-state index contributed by atoms with van der Waals surface area (Å²) in [5.41, 5.74) is 0.987. The fourth-order valence-corrected chi connectivity index (χ4v) is 3.19. The van der Waals surface area contributed by atoms with E-state index in [1.807, 2.05) is 26.0 Å². The summed E-state index contributed by atoms with van der Waals surface area (Å²) in [5, 5.41) is 0. The molecular weight excluding hydrogens is 236 g/mol. The van der Waals surface area contributed by atoms with Gasteiger partial charge in [0.15, 0.2) is 0 Å². The average Bonchev–Trinajstić information content (AvgIpc) is 2.81. The highest BCUT2D eigenvalue weighted by atomic mass is 32.2. The highest BCUT2D eigenvalue weighted by molar-refractivity contribution is 7.88. The third kappa shape index (κ3) is 3.51. The maximum Gasteiger partial charge on any atom is 0.211 e. The molecule has 96 valence electrons. The van der Waals surface area contributed by atoms with Crippen molar-refractivity contribution >= 4 is 10.0 Å². The zero-order valence-corrected chi connectivity index (χ0v) is 11.4. The van der Waals surface area contributed by atoms with Crippen LogP contribution in [0, 0.1) is 0 Å². The van der Waals surface area contributed by atoms with E-state index in [1.165, 1.54) is 6.26 Å². The number of aromatic nitrogens is 1. The third-order valence-electron chi connectivity index (χ3n) is 2.70.